The maximum Gasteiger partial charge on any atom is 0.261 e. The molecule has 6 nitrogen and oxygen atoms in total. The Balaban J connectivity index is 1.59. The number of fused-ring (bicyclic) bond motifs is 1. The summed E-state index contributed by atoms with van der Waals surface area (Å²) in [4.78, 5) is 40.3. The molecule has 3 rings (SSSR count). The molecule has 0 radical (unpaired) electrons. The first kappa shape index (κ1) is 17.6. The van der Waals surface area contributed by atoms with Gasteiger partial charge in [-0.15, -0.1) is 0 Å². The lowest BCUT2D eigenvalue weighted by molar-refractivity contribution is -0.135. The fraction of sp³-hybridized carbons (Fsp3) is 0.526. The normalized spacial score (nSPS) is 20.2. The number of carbonyl (C=O) groups excluding carboxylic acids is 3. The maximum atomic E-state index is 12.5. The number of benzene rings is 1. The molecule has 0 spiro atoms. The van der Waals surface area contributed by atoms with Gasteiger partial charge in [0.15, 0.2) is 0 Å². The van der Waals surface area contributed by atoms with E-state index in [1.807, 2.05) is 19.9 Å². The highest BCUT2D eigenvalue weighted by Crippen LogP contribution is 2.24. The molecule has 6 heteroatoms. The zero-order valence-corrected chi connectivity index (χ0v) is 14.8. The Morgan fingerprint density at radius 3 is 2.76 bits per heavy atom. The minimum absolute atomic E-state index is 0.0304. The Labute approximate surface area is 147 Å². The predicted molar refractivity (Wildman–Crippen MR) is 92.4 cm³/mol. The highest BCUT2D eigenvalue weighted by atomic mass is 16.5. The summed E-state index contributed by atoms with van der Waals surface area (Å²) in [5, 5.41) is 0. The zero-order valence-electron chi connectivity index (χ0n) is 14.8. The Bertz CT molecular complexity index is 699. The summed E-state index contributed by atoms with van der Waals surface area (Å²) in [7, 11) is 0. The molecule has 2 heterocycles. The second-order valence-corrected chi connectivity index (χ2v) is 6.62. The van der Waals surface area contributed by atoms with Crippen LogP contribution in [0.25, 0.3) is 0 Å². The number of ether oxygens (including phenoxy) is 1. The van der Waals surface area contributed by atoms with E-state index in [1.165, 1.54) is 4.90 Å². The van der Waals surface area contributed by atoms with Gasteiger partial charge in [0.05, 0.1) is 17.2 Å². The summed E-state index contributed by atoms with van der Waals surface area (Å²) in [6, 6.07) is 5.24. The molecule has 1 aromatic rings. The molecule has 1 aromatic carbocycles. The lowest BCUT2D eigenvalue weighted by atomic mass is 10.1. The van der Waals surface area contributed by atoms with Crippen molar-refractivity contribution in [2.75, 3.05) is 26.2 Å². The second kappa shape index (κ2) is 7.35. The summed E-state index contributed by atoms with van der Waals surface area (Å²) in [6.45, 7) is 5.90. The highest BCUT2D eigenvalue weighted by Gasteiger charge is 2.36. The van der Waals surface area contributed by atoms with Crippen LogP contribution in [0, 0.1) is 6.92 Å². The van der Waals surface area contributed by atoms with E-state index in [-0.39, 0.29) is 36.8 Å². The fourth-order valence-corrected chi connectivity index (χ4v) is 3.51. The fourth-order valence-electron chi connectivity index (χ4n) is 3.51. The predicted octanol–water partition coefficient (Wildman–Crippen LogP) is 2.01. The minimum Gasteiger partial charge on any atom is -0.377 e. The first-order valence-electron chi connectivity index (χ1n) is 8.87. The van der Waals surface area contributed by atoms with Gasteiger partial charge in [0.25, 0.3) is 11.8 Å². The van der Waals surface area contributed by atoms with Crippen molar-refractivity contribution in [3.63, 3.8) is 0 Å². The van der Waals surface area contributed by atoms with Crippen LogP contribution in [0.15, 0.2) is 18.2 Å². The number of aryl methyl sites for hydroxylation is 1. The number of imide groups is 1. The van der Waals surface area contributed by atoms with Crippen LogP contribution in [0.4, 0.5) is 0 Å². The topological polar surface area (TPSA) is 66.9 Å². The number of amides is 3. The molecule has 0 saturated carbocycles. The van der Waals surface area contributed by atoms with Gasteiger partial charge in [-0.25, -0.2) is 0 Å². The van der Waals surface area contributed by atoms with Gasteiger partial charge in [-0.05, 0) is 38.8 Å². The largest absolute Gasteiger partial charge is 0.377 e. The van der Waals surface area contributed by atoms with Crippen molar-refractivity contribution in [2.24, 2.45) is 0 Å². The quantitative estimate of drug-likeness (QED) is 0.767. The second-order valence-electron chi connectivity index (χ2n) is 6.62. The summed E-state index contributed by atoms with van der Waals surface area (Å²) in [6.07, 6.45) is 2.13. The van der Waals surface area contributed by atoms with E-state index in [9.17, 15) is 14.4 Å². The summed E-state index contributed by atoms with van der Waals surface area (Å²) in [5.74, 6) is -0.641. The van der Waals surface area contributed by atoms with E-state index >= 15 is 0 Å². The zero-order chi connectivity index (χ0) is 18.0. The number of nitrogens with zero attached hydrogens (tertiary/aromatic N) is 2. The molecule has 0 N–H and O–H groups in total. The molecular formula is C19H24N2O4. The molecule has 1 saturated heterocycles. The summed E-state index contributed by atoms with van der Waals surface area (Å²) in [5.41, 5.74) is 1.80. The first-order valence-corrected chi connectivity index (χ1v) is 8.87. The van der Waals surface area contributed by atoms with E-state index < -0.39 is 0 Å². The van der Waals surface area contributed by atoms with E-state index in [0.29, 0.717) is 30.8 Å². The average Bonchev–Trinajstić information content (AvgIpc) is 2.84. The monoisotopic (exact) mass is 344 g/mol. The van der Waals surface area contributed by atoms with Crippen LogP contribution in [-0.4, -0.2) is 59.9 Å². The molecule has 3 amide bonds. The maximum absolute atomic E-state index is 12.5. The third kappa shape index (κ3) is 3.58. The Morgan fingerprint density at radius 2 is 2.00 bits per heavy atom. The van der Waals surface area contributed by atoms with Crippen molar-refractivity contribution in [2.45, 2.75) is 39.2 Å². The van der Waals surface area contributed by atoms with Gasteiger partial charge < -0.3 is 9.64 Å². The number of carbonyl (C=O) groups is 3. The van der Waals surface area contributed by atoms with Crippen LogP contribution in [0.1, 0.15) is 52.5 Å². The van der Waals surface area contributed by atoms with Crippen molar-refractivity contribution in [1.29, 1.82) is 0 Å². The molecule has 0 aliphatic carbocycles. The third-order valence-corrected chi connectivity index (χ3v) is 4.81. The molecule has 2 aliphatic heterocycles. The van der Waals surface area contributed by atoms with E-state index in [0.717, 1.165) is 18.4 Å². The minimum atomic E-state index is -0.307. The summed E-state index contributed by atoms with van der Waals surface area (Å²) < 4.78 is 5.62. The van der Waals surface area contributed by atoms with Gasteiger partial charge in [-0.2, -0.15) is 0 Å². The molecule has 1 unspecified atom stereocenters. The molecule has 1 atom stereocenters. The number of likely N-dealkylation sites (tertiary alicyclic amines) is 1. The van der Waals surface area contributed by atoms with Gasteiger partial charge in [-0.3, -0.25) is 19.3 Å². The van der Waals surface area contributed by atoms with Gasteiger partial charge in [0.2, 0.25) is 5.91 Å². The van der Waals surface area contributed by atoms with Crippen molar-refractivity contribution >= 4 is 17.7 Å². The van der Waals surface area contributed by atoms with Crippen LogP contribution in [0.2, 0.25) is 0 Å². The molecule has 1 fully saturated rings. The SMILES string of the molecule is CCOC1CCCN(C(=O)CCN2C(=O)c3ccc(C)cc3C2=O)C1. The Hall–Kier alpha value is -2.21. The van der Waals surface area contributed by atoms with Crippen LogP contribution < -0.4 is 0 Å². The van der Waals surface area contributed by atoms with Crippen molar-refractivity contribution in [3.8, 4) is 0 Å². The van der Waals surface area contributed by atoms with Gasteiger partial charge >= 0.3 is 0 Å². The van der Waals surface area contributed by atoms with Crippen molar-refractivity contribution in [1.82, 2.24) is 9.80 Å². The molecule has 134 valence electrons. The molecular weight excluding hydrogens is 320 g/mol. The van der Waals surface area contributed by atoms with Crippen LogP contribution in [0.3, 0.4) is 0 Å². The van der Waals surface area contributed by atoms with Crippen molar-refractivity contribution < 1.29 is 19.1 Å². The van der Waals surface area contributed by atoms with E-state index in [1.54, 1.807) is 17.0 Å². The lowest BCUT2D eigenvalue weighted by Gasteiger charge is -2.32. The van der Waals surface area contributed by atoms with Crippen LogP contribution >= 0.6 is 0 Å². The Kier molecular flexibility index (Phi) is 5.18. The average molecular weight is 344 g/mol. The number of hydrogen-bond acceptors (Lipinski definition) is 4. The summed E-state index contributed by atoms with van der Waals surface area (Å²) >= 11 is 0. The number of piperidine rings is 1. The molecule has 25 heavy (non-hydrogen) atoms. The van der Waals surface area contributed by atoms with Gasteiger partial charge in [0, 0.05) is 32.7 Å². The highest BCUT2D eigenvalue weighted by molar-refractivity contribution is 6.21. The Morgan fingerprint density at radius 1 is 1.24 bits per heavy atom. The van der Waals surface area contributed by atoms with Gasteiger partial charge in [0.1, 0.15) is 0 Å². The van der Waals surface area contributed by atoms with Gasteiger partial charge in [-0.1, -0.05) is 11.6 Å². The van der Waals surface area contributed by atoms with E-state index in [4.69, 9.17) is 4.74 Å². The van der Waals surface area contributed by atoms with Crippen LogP contribution in [0.5, 0.6) is 0 Å². The van der Waals surface area contributed by atoms with Crippen molar-refractivity contribution in [3.05, 3.63) is 34.9 Å². The smallest absolute Gasteiger partial charge is 0.261 e. The van der Waals surface area contributed by atoms with E-state index in [2.05, 4.69) is 0 Å². The number of hydrogen-bond donors (Lipinski definition) is 0. The standard InChI is InChI=1S/C19H24N2O4/c1-3-25-14-5-4-9-20(12-14)17(22)8-10-21-18(23)15-7-6-13(2)11-16(15)19(21)24/h6-7,11,14H,3-5,8-10,12H2,1-2H3. The third-order valence-electron chi connectivity index (χ3n) is 4.81. The molecule has 2 aliphatic rings. The van der Waals surface area contributed by atoms with Crippen LogP contribution in [-0.2, 0) is 9.53 Å². The lowest BCUT2D eigenvalue weighted by Crippen LogP contribution is -2.44. The molecule has 0 bridgehead atoms. The molecule has 0 aromatic heterocycles. The number of rotatable bonds is 5. The first-order chi connectivity index (χ1) is 12.0.